The van der Waals surface area contributed by atoms with Crippen molar-refractivity contribution in [3.63, 3.8) is 0 Å². The fraction of sp³-hybridized carbons (Fsp3) is 0.278. The fourth-order valence-electron chi connectivity index (χ4n) is 3.22. The molecule has 146 valence electrons. The number of pyridine rings is 1. The van der Waals surface area contributed by atoms with E-state index in [4.69, 9.17) is 11.6 Å². The number of rotatable bonds is 2. The van der Waals surface area contributed by atoms with E-state index in [0.29, 0.717) is 48.7 Å². The van der Waals surface area contributed by atoms with Crippen LogP contribution >= 0.6 is 11.6 Å². The summed E-state index contributed by atoms with van der Waals surface area (Å²) in [5.74, 6) is 0.562. The molecule has 28 heavy (non-hydrogen) atoms. The summed E-state index contributed by atoms with van der Waals surface area (Å²) in [5, 5.41) is 0.569. The van der Waals surface area contributed by atoms with Gasteiger partial charge in [0.05, 0.1) is 16.1 Å². The zero-order valence-electron chi connectivity index (χ0n) is 14.4. The van der Waals surface area contributed by atoms with Crippen LogP contribution in [0.3, 0.4) is 0 Å². The number of anilines is 2. The number of fused-ring (bicyclic) bond motifs is 1. The number of aromatic nitrogens is 3. The molecule has 1 aliphatic rings. The van der Waals surface area contributed by atoms with E-state index in [1.54, 1.807) is 6.07 Å². The summed E-state index contributed by atoms with van der Waals surface area (Å²) >= 11 is 6.04. The second kappa shape index (κ2) is 7.05. The molecule has 1 fully saturated rings. The van der Waals surface area contributed by atoms with Crippen LogP contribution in [0.4, 0.5) is 29.2 Å². The molecule has 3 aromatic rings. The first-order valence-corrected chi connectivity index (χ1v) is 8.83. The van der Waals surface area contributed by atoms with Gasteiger partial charge in [-0.3, -0.25) is 0 Å². The molecule has 10 heteroatoms. The minimum absolute atomic E-state index is 0.0437. The van der Waals surface area contributed by atoms with Gasteiger partial charge in [-0.25, -0.2) is 19.3 Å². The van der Waals surface area contributed by atoms with E-state index < -0.39 is 11.7 Å². The van der Waals surface area contributed by atoms with Crippen molar-refractivity contribution in [3.05, 3.63) is 53.2 Å². The molecule has 2 aromatic heterocycles. The zero-order chi connectivity index (χ0) is 19.9. The molecule has 0 unspecified atom stereocenters. The smallest absolute Gasteiger partial charge is 0.352 e. The van der Waals surface area contributed by atoms with Crippen LogP contribution < -0.4 is 9.80 Å². The summed E-state index contributed by atoms with van der Waals surface area (Å²) in [6.45, 7) is 2.03. The maximum atomic E-state index is 13.6. The van der Waals surface area contributed by atoms with Crippen LogP contribution in [0.1, 0.15) is 5.56 Å². The number of piperazine rings is 1. The number of nitrogens with zero attached hydrogens (tertiary/aromatic N) is 5. The van der Waals surface area contributed by atoms with Crippen LogP contribution in [0.2, 0.25) is 5.02 Å². The third-order valence-corrected chi connectivity index (χ3v) is 4.88. The van der Waals surface area contributed by atoms with Gasteiger partial charge in [-0.05, 0) is 24.3 Å². The standard InChI is InChI=1S/C18H14ClF4N5/c19-14-7-11(18(21,22)23)9-24-17(14)28-5-3-27(4-6-28)16-13-8-12(20)1-2-15(13)25-10-26-16/h1-2,7-10H,3-6H2. The van der Waals surface area contributed by atoms with Gasteiger partial charge in [-0.1, -0.05) is 11.6 Å². The minimum atomic E-state index is -4.49. The average molecular weight is 412 g/mol. The highest BCUT2D eigenvalue weighted by Gasteiger charge is 2.32. The summed E-state index contributed by atoms with van der Waals surface area (Å²) in [7, 11) is 0. The fourth-order valence-corrected chi connectivity index (χ4v) is 3.50. The normalized spacial score (nSPS) is 15.3. The molecule has 5 nitrogen and oxygen atoms in total. The number of benzene rings is 1. The zero-order valence-corrected chi connectivity index (χ0v) is 15.2. The van der Waals surface area contributed by atoms with Crippen molar-refractivity contribution in [2.24, 2.45) is 0 Å². The molecule has 0 saturated carbocycles. The molecule has 3 heterocycles. The lowest BCUT2D eigenvalue weighted by molar-refractivity contribution is -0.137. The van der Waals surface area contributed by atoms with E-state index >= 15 is 0 Å². The molecule has 0 radical (unpaired) electrons. The van der Waals surface area contributed by atoms with Gasteiger partial charge >= 0.3 is 6.18 Å². The van der Waals surface area contributed by atoms with Crippen molar-refractivity contribution in [3.8, 4) is 0 Å². The van der Waals surface area contributed by atoms with Crippen molar-refractivity contribution in [2.45, 2.75) is 6.18 Å². The highest BCUT2D eigenvalue weighted by Crippen LogP contribution is 2.34. The van der Waals surface area contributed by atoms with Crippen LogP contribution in [0, 0.1) is 5.82 Å². The van der Waals surface area contributed by atoms with E-state index in [2.05, 4.69) is 15.0 Å². The van der Waals surface area contributed by atoms with Gasteiger partial charge in [-0.15, -0.1) is 0 Å². The van der Waals surface area contributed by atoms with Crippen LogP contribution in [0.15, 0.2) is 36.8 Å². The molecule has 0 spiro atoms. The SMILES string of the molecule is Fc1ccc2ncnc(N3CCN(c4ncc(C(F)(F)F)cc4Cl)CC3)c2c1. The van der Waals surface area contributed by atoms with E-state index in [-0.39, 0.29) is 10.8 Å². The molecule has 0 amide bonds. The predicted octanol–water partition coefficient (Wildman–Crippen LogP) is 4.16. The maximum absolute atomic E-state index is 13.6. The summed E-state index contributed by atoms with van der Waals surface area (Å²) in [4.78, 5) is 16.1. The Hall–Kier alpha value is -2.68. The largest absolute Gasteiger partial charge is 0.417 e. The average Bonchev–Trinajstić information content (AvgIpc) is 2.67. The molecular formula is C18H14ClF4N5. The Morgan fingerprint density at radius 1 is 0.893 bits per heavy atom. The lowest BCUT2D eigenvalue weighted by Crippen LogP contribution is -2.47. The first kappa shape index (κ1) is 18.7. The first-order valence-electron chi connectivity index (χ1n) is 8.46. The Morgan fingerprint density at radius 3 is 2.21 bits per heavy atom. The third-order valence-electron chi connectivity index (χ3n) is 4.60. The Morgan fingerprint density at radius 2 is 1.57 bits per heavy atom. The molecule has 0 N–H and O–H groups in total. The minimum Gasteiger partial charge on any atom is -0.352 e. The third kappa shape index (κ3) is 3.54. The topological polar surface area (TPSA) is 45.2 Å². The van der Waals surface area contributed by atoms with Gasteiger partial charge in [0.1, 0.15) is 23.8 Å². The maximum Gasteiger partial charge on any atom is 0.417 e. The molecule has 0 atom stereocenters. The van der Waals surface area contributed by atoms with Gasteiger partial charge in [0.15, 0.2) is 0 Å². The monoisotopic (exact) mass is 411 g/mol. The van der Waals surface area contributed by atoms with Crippen molar-refractivity contribution in [1.29, 1.82) is 0 Å². The molecule has 1 saturated heterocycles. The second-order valence-electron chi connectivity index (χ2n) is 6.36. The van der Waals surface area contributed by atoms with E-state index in [1.807, 2.05) is 9.80 Å². The number of hydrogen-bond acceptors (Lipinski definition) is 5. The van der Waals surface area contributed by atoms with Crippen molar-refractivity contribution >= 4 is 34.1 Å². The summed E-state index contributed by atoms with van der Waals surface area (Å²) in [5.41, 5.74) is -0.240. The lowest BCUT2D eigenvalue weighted by Gasteiger charge is -2.36. The van der Waals surface area contributed by atoms with Crippen LogP contribution in [0.5, 0.6) is 0 Å². The van der Waals surface area contributed by atoms with Crippen molar-refractivity contribution in [1.82, 2.24) is 15.0 Å². The highest BCUT2D eigenvalue weighted by molar-refractivity contribution is 6.33. The van der Waals surface area contributed by atoms with E-state index in [1.165, 1.54) is 18.5 Å². The molecular weight excluding hydrogens is 398 g/mol. The first-order chi connectivity index (χ1) is 13.3. The van der Waals surface area contributed by atoms with Gasteiger partial charge in [0, 0.05) is 37.8 Å². The summed E-state index contributed by atoms with van der Waals surface area (Å²) < 4.78 is 52.0. The van der Waals surface area contributed by atoms with Crippen LogP contribution in [0.25, 0.3) is 10.9 Å². The molecule has 4 rings (SSSR count). The quantitative estimate of drug-likeness (QED) is 0.592. The van der Waals surface area contributed by atoms with Crippen molar-refractivity contribution < 1.29 is 17.6 Å². The lowest BCUT2D eigenvalue weighted by atomic mass is 10.2. The second-order valence-corrected chi connectivity index (χ2v) is 6.77. The highest BCUT2D eigenvalue weighted by atomic mass is 35.5. The Bertz CT molecular complexity index is 1020. The van der Waals surface area contributed by atoms with Gasteiger partial charge < -0.3 is 9.80 Å². The molecule has 0 aliphatic carbocycles. The van der Waals surface area contributed by atoms with Gasteiger partial charge in [0.2, 0.25) is 0 Å². The van der Waals surface area contributed by atoms with E-state index in [0.717, 1.165) is 12.3 Å². The molecule has 0 bridgehead atoms. The Kier molecular flexibility index (Phi) is 4.70. The van der Waals surface area contributed by atoms with E-state index in [9.17, 15) is 17.6 Å². The number of halogens is 5. The summed E-state index contributed by atoms with van der Waals surface area (Å²) in [6, 6.07) is 5.22. The van der Waals surface area contributed by atoms with Gasteiger partial charge in [0.25, 0.3) is 0 Å². The number of hydrogen-bond donors (Lipinski definition) is 0. The summed E-state index contributed by atoms with van der Waals surface area (Å²) in [6.07, 6.45) is -2.28. The molecule has 1 aliphatic heterocycles. The Labute approximate surface area is 162 Å². The van der Waals surface area contributed by atoms with Crippen LogP contribution in [-0.2, 0) is 6.18 Å². The van der Waals surface area contributed by atoms with Gasteiger partial charge in [-0.2, -0.15) is 13.2 Å². The molecule has 1 aromatic carbocycles. The Balaban J connectivity index is 1.54. The van der Waals surface area contributed by atoms with Crippen molar-refractivity contribution in [2.75, 3.05) is 36.0 Å². The van der Waals surface area contributed by atoms with Crippen LogP contribution in [-0.4, -0.2) is 41.1 Å². The predicted molar refractivity (Wildman–Crippen MR) is 98.2 cm³/mol. The number of alkyl halides is 3.